The van der Waals surface area contributed by atoms with Gasteiger partial charge in [-0.15, -0.1) is 0 Å². The van der Waals surface area contributed by atoms with Crippen LogP contribution in [0, 0.1) is 0 Å². The minimum atomic E-state index is -4.64. The lowest BCUT2D eigenvalue weighted by atomic mass is 10.1. The number of nitrogens with zero attached hydrogens (tertiary/aromatic N) is 5. The molecule has 0 aliphatic carbocycles. The Balaban J connectivity index is 1.79. The van der Waals surface area contributed by atoms with Crippen LogP contribution >= 0.6 is 0 Å². The molecular formula is C27H26F6N6O2. The summed E-state index contributed by atoms with van der Waals surface area (Å²) in [6.45, 7) is 2.10. The number of benzene rings is 1. The molecule has 0 saturated heterocycles. The van der Waals surface area contributed by atoms with E-state index in [2.05, 4.69) is 25.3 Å². The van der Waals surface area contributed by atoms with Crippen molar-refractivity contribution in [3.8, 4) is 11.3 Å². The van der Waals surface area contributed by atoms with E-state index in [0.29, 0.717) is 37.8 Å². The maximum atomic E-state index is 13.7. The first kappa shape index (κ1) is 30.1. The molecule has 8 nitrogen and oxygen atoms in total. The van der Waals surface area contributed by atoms with Crippen LogP contribution < -0.4 is 5.32 Å². The zero-order chi connectivity index (χ0) is 29.6. The quantitative estimate of drug-likeness (QED) is 0.218. The first-order valence-corrected chi connectivity index (χ1v) is 12.3. The SMILES string of the molecule is COCCN(CCOC)Cc1nc(Nc2ccc(C(F)(F)F)cc2)c2ncc(-c3ncccc3C(F)(F)F)cc2n1. The number of nitrogens with one attached hydrogen (secondary N) is 1. The van der Waals surface area contributed by atoms with E-state index in [4.69, 9.17) is 9.47 Å². The molecule has 1 aromatic carbocycles. The molecular weight excluding hydrogens is 554 g/mol. The van der Waals surface area contributed by atoms with Gasteiger partial charge in [0.25, 0.3) is 0 Å². The Morgan fingerprint density at radius 2 is 1.54 bits per heavy atom. The van der Waals surface area contributed by atoms with Gasteiger partial charge in [-0.1, -0.05) is 0 Å². The fourth-order valence-electron chi connectivity index (χ4n) is 4.01. The molecule has 0 radical (unpaired) electrons. The number of alkyl halides is 6. The van der Waals surface area contributed by atoms with Crippen molar-refractivity contribution in [2.75, 3.05) is 45.8 Å². The smallest absolute Gasteiger partial charge is 0.383 e. The molecule has 0 unspecified atom stereocenters. The maximum absolute atomic E-state index is 13.7. The summed E-state index contributed by atoms with van der Waals surface area (Å²) in [7, 11) is 3.13. The Morgan fingerprint density at radius 3 is 2.15 bits per heavy atom. The Kier molecular flexibility index (Phi) is 9.35. The lowest BCUT2D eigenvalue weighted by Crippen LogP contribution is -2.31. The monoisotopic (exact) mass is 580 g/mol. The van der Waals surface area contributed by atoms with Crippen LogP contribution in [0.25, 0.3) is 22.3 Å². The van der Waals surface area contributed by atoms with Gasteiger partial charge in [-0.2, -0.15) is 26.3 Å². The van der Waals surface area contributed by atoms with Crippen LogP contribution in [0.15, 0.2) is 54.9 Å². The predicted molar refractivity (Wildman–Crippen MR) is 139 cm³/mol. The number of rotatable bonds is 11. The van der Waals surface area contributed by atoms with Crippen LogP contribution in [-0.4, -0.2) is 65.4 Å². The maximum Gasteiger partial charge on any atom is 0.418 e. The molecule has 0 atom stereocenters. The number of anilines is 2. The van der Waals surface area contributed by atoms with Crippen molar-refractivity contribution in [1.29, 1.82) is 0 Å². The van der Waals surface area contributed by atoms with Gasteiger partial charge in [0.15, 0.2) is 5.82 Å². The Hall–Kier alpha value is -3.88. The Bertz CT molecular complexity index is 1460. The summed E-state index contributed by atoms with van der Waals surface area (Å²) >= 11 is 0. The molecule has 1 N–H and O–H groups in total. The van der Waals surface area contributed by atoms with E-state index in [-0.39, 0.29) is 34.7 Å². The third-order valence-corrected chi connectivity index (χ3v) is 6.03. The fraction of sp³-hybridized carbons (Fsp3) is 0.333. The van der Waals surface area contributed by atoms with Gasteiger partial charge in [0.1, 0.15) is 11.3 Å². The number of hydrogen-bond acceptors (Lipinski definition) is 8. The normalized spacial score (nSPS) is 12.3. The average Bonchev–Trinajstić information content (AvgIpc) is 2.93. The molecule has 3 heterocycles. The third kappa shape index (κ3) is 7.65. The van der Waals surface area contributed by atoms with Crippen molar-refractivity contribution in [1.82, 2.24) is 24.8 Å². The highest BCUT2D eigenvalue weighted by Crippen LogP contribution is 2.36. The summed E-state index contributed by atoms with van der Waals surface area (Å²) in [5.74, 6) is 0.474. The van der Waals surface area contributed by atoms with Crippen molar-refractivity contribution in [3.05, 3.63) is 71.8 Å². The highest BCUT2D eigenvalue weighted by Gasteiger charge is 2.34. The first-order chi connectivity index (χ1) is 19.5. The van der Waals surface area contributed by atoms with Crippen LogP contribution in [0.1, 0.15) is 17.0 Å². The first-order valence-electron chi connectivity index (χ1n) is 12.3. The summed E-state index contributed by atoms with van der Waals surface area (Å²) in [6, 6.07) is 7.90. The summed E-state index contributed by atoms with van der Waals surface area (Å²) < 4.78 is 90.5. The summed E-state index contributed by atoms with van der Waals surface area (Å²) in [5.41, 5.74) is -1.23. The highest BCUT2D eigenvalue weighted by molar-refractivity contribution is 5.89. The highest BCUT2D eigenvalue weighted by atomic mass is 19.4. The Labute approximate surface area is 231 Å². The van der Waals surface area contributed by atoms with Gasteiger partial charge in [-0.3, -0.25) is 9.88 Å². The fourth-order valence-corrected chi connectivity index (χ4v) is 4.01. The molecule has 0 saturated carbocycles. The van der Waals surface area contributed by atoms with Gasteiger partial charge in [0.2, 0.25) is 0 Å². The lowest BCUT2D eigenvalue weighted by molar-refractivity contribution is -0.138. The molecule has 0 amide bonds. The second kappa shape index (κ2) is 12.7. The minimum absolute atomic E-state index is 0.0891. The van der Waals surface area contributed by atoms with Crippen LogP contribution in [0.4, 0.5) is 37.8 Å². The number of aromatic nitrogens is 4. The molecule has 0 bridgehead atoms. The summed E-state index contributed by atoms with van der Waals surface area (Å²) in [4.78, 5) is 19.3. The van der Waals surface area contributed by atoms with Crippen molar-refractivity contribution in [3.63, 3.8) is 0 Å². The van der Waals surface area contributed by atoms with E-state index in [0.717, 1.165) is 18.2 Å². The number of pyridine rings is 2. The standard InChI is InChI=1S/C27H26F6N6O2/c1-40-12-10-39(11-13-41-2)16-22-37-21-14-17(23-20(27(31,32)33)4-3-9-34-23)15-35-24(21)25(38-22)36-19-7-5-18(6-8-19)26(28,29)30/h3-9,14-15H,10-13,16H2,1-2H3,(H,36,37,38). The average molecular weight is 581 g/mol. The molecule has 3 aromatic heterocycles. The third-order valence-electron chi connectivity index (χ3n) is 6.03. The number of halogens is 6. The van der Waals surface area contributed by atoms with Crippen LogP contribution in [0.3, 0.4) is 0 Å². The van der Waals surface area contributed by atoms with Crippen molar-refractivity contribution >= 4 is 22.5 Å². The molecule has 0 spiro atoms. The second-order valence-electron chi connectivity index (χ2n) is 8.94. The molecule has 0 aliphatic heterocycles. The van der Waals surface area contributed by atoms with Gasteiger partial charge in [0, 0.05) is 51.0 Å². The molecule has 14 heteroatoms. The van der Waals surface area contributed by atoms with E-state index >= 15 is 0 Å². The molecule has 0 aliphatic rings. The van der Waals surface area contributed by atoms with Crippen molar-refractivity contribution in [2.45, 2.75) is 18.9 Å². The van der Waals surface area contributed by atoms with Gasteiger partial charge in [-0.25, -0.2) is 15.0 Å². The predicted octanol–water partition coefficient (Wildman–Crippen LogP) is 5.96. The molecule has 218 valence electrons. The lowest BCUT2D eigenvalue weighted by Gasteiger charge is -2.21. The minimum Gasteiger partial charge on any atom is -0.383 e. The summed E-state index contributed by atoms with van der Waals surface area (Å²) in [5, 5.41) is 2.98. The van der Waals surface area contributed by atoms with E-state index in [9.17, 15) is 26.3 Å². The van der Waals surface area contributed by atoms with E-state index in [1.807, 2.05) is 4.90 Å². The summed E-state index contributed by atoms with van der Waals surface area (Å²) in [6.07, 6.45) is -6.67. The molecule has 4 rings (SSSR count). The zero-order valence-corrected chi connectivity index (χ0v) is 22.1. The van der Waals surface area contributed by atoms with Crippen LogP contribution in [0.5, 0.6) is 0 Å². The number of fused-ring (bicyclic) bond motifs is 1. The number of ether oxygens (including phenoxy) is 2. The zero-order valence-electron chi connectivity index (χ0n) is 22.1. The van der Waals surface area contributed by atoms with Crippen molar-refractivity contribution in [2.24, 2.45) is 0 Å². The van der Waals surface area contributed by atoms with Gasteiger partial charge in [-0.05, 0) is 42.5 Å². The van der Waals surface area contributed by atoms with Crippen LogP contribution in [-0.2, 0) is 28.4 Å². The number of hydrogen-bond donors (Lipinski definition) is 1. The van der Waals surface area contributed by atoms with E-state index < -0.39 is 23.5 Å². The molecule has 4 aromatic rings. The van der Waals surface area contributed by atoms with Gasteiger partial charge < -0.3 is 14.8 Å². The van der Waals surface area contributed by atoms with Gasteiger partial charge in [0.05, 0.1) is 42.1 Å². The van der Waals surface area contributed by atoms with E-state index in [1.54, 1.807) is 14.2 Å². The van der Waals surface area contributed by atoms with Gasteiger partial charge >= 0.3 is 12.4 Å². The molecule has 0 fully saturated rings. The Morgan fingerprint density at radius 1 is 0.854 bits per heavy atom. The number of methoxy groups -OCH3 is 2. The van der Waals surface area contributed by atoms with E-state index in [1.165, 1.54) is 36.7 Å². The van der Waals surface area contributed by atoms with Crippen LogP contribution in [0.2, 0.25) is 0 Å². The topological polar surface area (TPSA) is 85.3 Å². The van der Waals surface area contributed by atoms with Crippen molar-refractivity contribution < 1.29 is 35.8 Å². The molecule has 41 heavy (non-hydrogen) atoms. The second-order valence-corrected chi connectivity index (χ2v) is 8.94. The largest absolute Gasteiger partial charge is 0.418 e.